The molecule has 0 unspecified atom stereocenters. The minimum Gasteiger partial charge on any atom is -0.494 e. The molecule has 4 nitrogen and oxygen atoms in total. The van der Waals surface area contributed by atoms with Gasteiger partial charge in [0.2, 0.25) is 0 Å². The van der Waals surface area contributed by atoms with E-state index in [9.17, 15) is 0 Å². The van der Waals surface area contributed by atoms with Gasteiger partial charge in [-0.1, -0.05) is 6.92 Å². The van der Waals surface area contributed by atoms with Gasteiger partial charge < -0.3 is 15.0 Å². The van der Waals surface area contributed by atoms with E-state index in [0.29, 0.717) is 0 Å². The topological polar surface area (TPSA) is 53.1 Å². The van der Waals surface area contributed by atoms with E-state index in [1.165, 1.54) is 0 Å². The summed E-state index contributed by atoms with van der Waals surface area (Å²) < 4.78 is 7.58. The molecule has 19 heavy (non-hydrogen) atoms. The zero-order valence-corrected chi connectivity index (χ0v) is 11.8. The van der Waals surface area contributed by atoms with Crippen LogP contribution in [0.2, 0.25) is 0 Å². The summed E-state index contributed by atoms with van der Waals surface area (Å²) in [5, 5.41) is 0. The molecule has 0 amide bonds. The highest BCUT2D eigenvalue weighted by Gasteiger charge is 2.19. The van der Waals surface area contributed by atoms with Gasteiger partial charge >= 0.3 is 0 Å². The smallest absolute Gasteiger partial charge is 0.119 e. The van der Waals surface area contributed by atoms with Crippen molar-refractivity contribution in [1.82, 2.24) is 9.55 Å². The fraction of sp³-hybridized carbons (Fsp3) is 0.400. The van der Waals surface area contributed by atoms with Crippen molar-refractivity contribution < 1.29 is 4.74 Å². The molecule has 2 aromatic rings. The average Bonchev–Trinajstić information content (AvgIpc) is 2.86. The number of imidazole rings is 1. The molecule has 2 N–H and O–H groups in total. The van der Waals surface area contributed by atoms with E-state index in [-0.39, 0.29) is 0 Å². The van der Waals surface area contributed by atoms with Crippen LogP contribution in [0.4, 0.5) is 0 Å². The van der Waals surface area contributed by atoms with Gasteiger partial charge in [-0.05, 0) is 44.5 Å². The van der Waals surface area contributed by atoms with Gasteiger partial charge in [0.05, 0.1) is 30.4 Å². The average molecular weight is 259 g/mol. The second kappa shape index (κ2) is 5.45. The van der Waals surface area contributed by atoms with Crippen LogP contribution in [0, 0.1) is 0 Å². The summed E-state index contributed by atoms with van der Waals surface area (Å²) >= 11 is 0. The fourth-order valence-electron chi connectivity index (χ4n) is 1.90. The number of ether oxygens (including phenoxy) is 1. The third-order valence-electron chi connectivity index (χ3n) is 2.89. The van der Waals surface area contributed by atoms with Crippen molar-refractivity contribution in [2.45, 2.75) is 32.7 Å². The first-order chi connectivity index (χ1) is 9.02. The van der Waals surface area contributed by atoms with Crippen LogP contribution in [-0.2, 0) is 5.54 Å². The van der Waals surface area contributed by atoms with Crippen molar-refractivity contribution in [2.75, 3.05) is 6.61 Å². The zero-order valence-electron chi connectivity index (χ0n) is 11.8. The third-order valence-corrected chi connectivity index (χ3v) is 2.89. The van der Waals surface area contributed by atoms with Crippen molar-refractivity contribution in [3.63, 3.8) is 0 Å². The van der Waals surface area contributed by atoms with Gasteiger partial charge in [-0.25, -0.2) is 4.98 Å². The summed E-state index contributed by atoms with van der Waals surface area (Å²) in [4.78, 5) is 4.19. The molecule has 2 rings (SSSR count). The standard InChI is InChI=1S/C15H21N3O/c1-4-9-19-13-7-5-12(6-8-13)18-11-17-10-14(18)15(2,3)16/h5-8,10-11H,4,9,16H2,1-3H3. The lowest BCUT2D eigenvalue weighted by atomic mass is 10.0. The second-order valence-corrected chi connectivity index (χ2v) is 5.21. The maximum atomic E-state index is 6.15. The Morgan fingerprint density at radius 3 is 2.53 bits per heavy atom. The summed E-state index contributed by atoms with van der Waals surface area (Å²) in [6.07, 6.45) is 4.60. The Morgan fingerprint density at radius 2 is 1.95 bits per heavy atom. The van der Waals surface area contributed by atoms with Gasteiger partial charge in [0.1, 0.15) is 5.75 Å². The molecule has 0 radical (unpaired) electrons. The molecule has 0 atom stereocenters. The Labute approximate surface area is 114 Å². The van der Waals surface area contributed by atoms with E-state index in [1.54, 1.807) is 6.33 Å². The highest BCUT2D eigenvalue weighted by molar-refractivity contribution is 5.39. The summed E-state index contributed by atoms with van der Waals surface area (Å²) in [6, 6.07) is 7.97. The molecule has 0 bridgehead atoms. The lowest BCUT2D eigenvalue weighted by Gasteiger charge is -2.20. The summed E-state index contributed by atoms with van der Waals surface area (Å²) in [6.45, 7) is 6.78. The predicted octanol–water partition coefficient (Wildman–Crippen LogP) is 2.85. The van der Waals surface area contributed by atoms with Gasteiger partial charge in [-0.3, -0.25) is 0 Å². The Kier molecular flexibility index (Phi) is 3.90. The van der Waals surface area contributed by atoms with Crippen molar-refractivity contribution >= 4 is 0 Å². The van der Waals surface area contributed by atoms with Crippen molar-refractivity contribution in [2.24, 2.45) is 5.73 Å². The van der Waals surface area contributed by atoms with Gasteiger partial charge in [0.25, 0.3) is 0 Å². The Balaban J connectivity index is 2.25. The van der Waals surface area contributed by atoms with Crippen LogP contribution in [-0.4, -0.2) is 16.2 Å². The highest BCUT2D eigenvalue weighted by Crippen LogP contribution is 2.22. The predicted molar refractivity (Wildman–Crippen MR) is 76.6 cm³/mol. The van der Waals surface area contributed by atoms with Gasteiger partial charge in [0, 0.05) is 5.69 Å². The minimum absolute atomic E-state index is 0.423. The monoisotopic (exact) mass is 259 g/mol. The van der Waals surface area contributed by atoms with Crippen LogP contribution < -0.4 is 10.5 Å². The maximum absolute atomic E-state index is 6.15. The van der Waals surface area contributed by atoms with Gasteiger partial charge in [-0.15, -0.1) is 0 Å². The number of nitrogens with two attached hydrogens (primary N) is 1. The Bertz CT molecular complexity index is 523. The van der Waals surface area contributed by atoms with Crippen LogP contribution in [0.1, 0.15) is 32.9 Å². The first-order valence-electron chi connectivity index (χ1n) is 6.57. The molecular weight excluding hydrogens is 238 g/mol. The summed E-state index contributed by atoms with van der Waals surface area (Å²) in [5.41, 5.74) is 7.74. The lowest BCUT2D eigenvalue weighted by Crippen LogP contribution is -2.31. The van der Waals surface area contributed by atoms with Crippen LogP contribution in [0.5, 0.6) is 5.75 Å². The van der Waals surface area contributed by atoms with Gasteiger partial charge in [0.15, 0.2) is 0 Å². The quantitative estimate of drug-likeness (QED) is 0.898. The molecule has 0 saturated carbocycles. The normalized spacial score (nSPS) is 11.6. The molecule has 1 aromatic carbocycles. The van der Waals surface area contributed by atoms with E-state index in [1.807, 2.05) is 48.9 Å². The molecule has 102 valence electrons. The molecule has 0 aliphatic rings. The summed E-state index contributed by atoms with van der Waals surface area (Å²) in [7, 11) is 0. The molecule has 0 spiro atoms. The van der Waals surface area contributed by atoms with E-state index in [4.69, 9.17) is 10.5 Å². The SMILES string of the molecule is CCCOc1ccc(-n2cncc2C(C)(C)N)cc1. The molecular formula is C15H21N3O. The molecule has 1 heterocycles. The van der Waals surface area contributed by atoms with Crippen molar-refractivity contribution in [1.29, 1.82) is 0 Å². The molecule has 1 aromatic heterocycles. The number of rotatable bonds is 5. The van der Waals surface area contributed by atoms with Crippen LogP contribution in [0.15, 0.2) is 36.8 Å². The first kappa shape index (κ1) is 13.6. The fourth-order valence-corrected chi connectivity index (χ4v) is 1.90. The number of nitrogens with zero attached hydrogens (tertiary/aromatic N) is 2. The summed E-state index contributed by atoms with van der Waals surface area (Å²) in [5.74, 6) is 0.888. The lowest BCUT2D eigenvalue weighted by molar-refractivity contribution is 0.317. The van der Waals surface area contributed by atoms with Crippen LogP contribution in [0.25, 0.3) is 5.69 Å². The Morgan fingerprint density at radius 1 is 1.26 bits per heavy atom. The van der Waals surface area contributed by atoms with Gasteiger partial charge in [-0.2, -0.15) is 0 Å². The minimum atomic E-state index is -0.423. The number of hydrogen-bond donors (Lipinski definition) is 1. The first-order valence-corrected chi connectivity index (χ1v) is 6.57. The molecule has 0 aliphatic heterocycles. The number of aromatic nitrogens is 2. The van der Waals surface area contributed by atoms with Crippen molar-refractivity contribution in [3.8, 4) is 11.4 Å². The molecule has 4 heteroatoms. The van der Waals surface area contributed by atoms with Crippen LogP contribution in [0.3, 0.4) is 0 Å². The van der Waals surface area contributed by atoms with E-state index in [2.05, 4.69) is 11.9 Å². The largest absolute Gasteiger partial charge is 0.494 e. The molecule has 0 saturated heterocycles. The van der Waals surface area contributed by atoms with Crippen LogP contribution >= 0.6 is 0 Å². The third kappa shape index (κ3) is 3.15. The molecule has 0 aliphatic carbocycles. The maximum Gasteiger partial charge on any atom is 0.119 e. The van der Waals surface area contributed by atoms with E-state index >= 15 is 0 Å². The highest BCUT2D eigenvalue weighted by atomic mass is 16.5. The van der Waals surface area contributed by atoms with E-state index in [0.717, 1.165) is 30.2 Å². The van der Waals surface area contributed by atoms with Crippen molar-refractivity contribution in [3.05, 3.63) is 42.5 Å². The Hall–Kier alpha value is -1.81. The second-order valence-electron chi connectivity index (χ2n) is 5.21. The number of hydrogen-bond acceptors (Lipinski definition) is 3. The zero-order chi connectivity index (χ0) is 13.9. The number of benzene rings is 1. The molecule has 0 fully saturated rings. The van der Waals surface area contributed by atoms with E-state index < -0.39 is 5.54 Å².